The lowest BCUT2D eigenvalue weighted by molar-refractivity contribution is 0.0448. The standard InChI is InChI=1S/C24H24O7S/c1-17-8-9-18(2)23(16-17)32(26,27)31-22-7-5-4-6-21(22)24(25)30-15-14-29-20-12-10-19(28-3)11-13-20/h4-13,16H,14-15H2,1-3H3. The predicted molar refractivity (Wildman–Crippen MR) is 119 cm³/mol. The van der Waals surface area contributed by atoms with Gasteiger partial charge in [-0.25, -0.2) is 4.79 Å². The maximum absolute atomic E-state index is 12.8. The molecular formula is C24H24O7S. The van der Waals surface area contributed by atoms with Crippen molar-refractivity contribution in [1.29, 1.82) is 0 Å². The summed E-state index contributed by atoms with van der Waals surface area (Å²) in [7, 11) is -2.56. The Hall–Kier alpha value is -3.52. The summed E-state index contributed by atoms with van der Waals surface area (Å²) in [5.41, 5.74) is 1.33. The third-order valence-electron chi connectivity index (χ3n) is 4.56. The van der Waals surface area contributed by atoms with Gasteiger partial charge in [0, 0.05) is 0 Å². The van der Waals surface area contributed by atoms with E-state index in [0.29, 0.717) is 17.1 Å². The molecule has 3 aromatic carbocycles. The molecule has 8 heteroatoms. The van der Waals surface area contributed by atoms with Gasteiger partial charge in [0.25, 0.3) is 0 Å². The number of hydrogen-bond acceptors (Lipinski definition) is 7. The van der Waals surface area contributed by atoms with E-state index >= 15 is 0 Å². The molecule has 0 N–H and O–H groups in total. The second-order valence-corrected chi connectivity index (χ2v) is 8.48. The minimum atomic E-state index is -4.13. The van der Waals surface area contributed by atoms with Crippen LogP contribution in [-0.2, 0) is 14.9 Å². The monoisotopic (exact) mass is 456 g/mol. The van der Waals surface area contributed by atoms with Crippen LogP contribution in [0.2, 0.25) is 0 Å². The van der Waals surface area contributed by atoms with Crippen LogP contribution in [-0.4, -0.2) is 34.7 Å². The first-order valence-corrected chi connectivity index (χ1v) is 11.3. The summed E-state index contributed by atoms with van der Waals surface area (Å²) >= 11 is 0. The summed E-state index contributed by atoms with van der Waals surface area (Å²) in [4.78, 5) is 12.6. The van der Waals surface area contributed by atoms with E-state index in [1.165, 1.54) is 18.2 Å². The Kier molecular flexibility index (Phi) is 7.37. The van der Waals surface area contributed by atoms with Gasteiger partial charge < -0.3 is 18.4 Å². The number of benzene rings is 3. The largest absolute Gasteiger partial charge is 0.497 e. The molecule has 0 aromatic heterocycles. The zero-order chi connectivity index (χ0) is 23.1. The Morgan fingerprint density at radius 3 is 2.28 bits per heavy atom. The highest BCUT2D eigenvalue weighted by Gasteiger charge is 2.23. The molecule has 0 radical (unpaired) electrons. The van der Waals surface area contributed by atoms with Gasteiger partial charge in [-0.15, -0.1) is 0 Å². The lowest BCUT2D eigenvalue weighted by Gasteiger charge is -2.13. The van der Waals surface area contributed by atoms with E-state index in [0.717, 1.165) is 5.56 Å². The van der Waals surface area contributed by atoms with Gasteiger partial charge in [0.1, 0.15) is 35.2 Å². The van der Waals surface area contributed by atoms with Gasteiger partial charge in [-0.2, -0.15) is 8.42 Å². The van der Waals surface area contributed by atoms with E-state index in [-0.39, 0.29) is 29.4 Å². The Balaban J connectivity index is 1.65. The number of carbonyl (C=O) groups is 1. The minimum absolute atomic E-state index is 0.00540. The smallest absolute Gasteiger partial charge is 0.342 e. The third kappa shape index (κ3) is 5.79. The van der Waals surface area contributed by atoms with Crippen molar-refractivity contribution in [3.05, 3.63) is 83.4 Å². The first-order valence-electron chi connectivity index (χ1n) is 9.85. The number of carbonyl (C=O) groups excluding carboxylic acids is 1. The fraction of sp³-hybridized carbons (Fsp3) is 0.208. The van der Waals surface area contributed by atoms with Gasteiger partial charge in [0.15, 0.2) is 5.75 Å². The van der Waals surface area contributed by atoms with Gasteiger partial charge in [-0.05, 0) is 67.4 Å². The first kappa shape index (κ1) is 23.1. The molecule has 32 heavy (non-hydrogen) atoms. The lowest BCUT2D eigenvalue weighted by atomic mass is 10.2. The normalized spacial score (nSPS) is 11.0. The third-order valence-corrected chi connectivity index (χ3v) is 5.94. The van der Waals surface area contributed by atoms with E-state index in [4.69, 9.17) is 18.4 Å². The fourth-order valence-corrected chi connectivity index (χ4v) is 4.16. The van der Waals surface area contributed by atoms with Crippen molar-refractivity contribution in [1.82, 2.24) is 0 Å². The molecule has 0 unspecified atom stereocenters. The maximum Gasteiger partial charge on any atom is 0.342 e. The molecule has 168 valence electrons. The molecule has 0 bridgehead atoms. The van der Waals surface area contributed by atoms with Crippen molar-refractivity contribution in [2.75, 3.05) is 20.3 Å². The van der Waals surface area contributed by atoms with Crippen LogP contribution in [0.3, 0.4) is 0 Å². The summed E-state index contributed by atoms with van der Waals surface area (Å²) in [6.07, 6.45) is 0. The van der Waals surface area contributed by atoms with Crippen molar-refractivity contribution < 1.29 is 31.6 Å². The molecule has 0 aliphatic rings. The minimum Gasteiger partial charge on any atom is -0.497 e. The molecule has 0 atom stereocenters. The van der Waals surface area contributed by atoms with Crippen LogP contribution < -0.4 is 13.7 Å². The molecule has 3 aromatic rings. The summed E-state index contributed by atoms with van der Waals surface area (Å²) in [6, 6.07) is 18.1. The van der Waals surface area contributed by atoms with Crippen molar-refractivity contribution in [2.24, 2.45) is 0 Å². The SMILES string of the molecule is COc1ccc(OCCOC(=O)c2ccccc2OS(=O)(=O)c2cc(C)ccc2C)cc1. The maximum atomic E-state index is 12.8. The predicted octanol–water partition coefficient (Wildman–Crippen LogP) is 4.32. The number of ether oxygens (including phenoxy) is 3. The molecule has 0 aliphatic carbocycles. The molecule has 0 fully saturated rings. The molecule has 0 heterocycles. The van der Waals surface area contributed by atoms with Gasteiger partial charge >= 0.3 is 16.1 Å². The zero-order valence-electron chi connectivity index (χ0n) is 18.0. The van der Waals surface area contributed by atoms with E-state index in [1.54, 1.807) is 63.4 Å². The van der Waals surface area contributed by atoms with Crippen molar-refractivity contribution in [3.8, 4) is 17.2 Å². The van der Waals surface area contributed by atoms with Crippen molar-refractivity contribution >= 4 is 16.1 Å². The zero-order valence-corrected chi connectivity index (χ0v) is 18.8. The highest BCUT2D eigenvalue weighted by molar-refractivity contribution is 7.87. The number of aryl methyl sites for hydroxylation is 2. The van der Waals surface area contributed by atoms with Crippen LogP contribution in [0.1, 0.15) is 21.5 Å². The Morgan fingerprint density at radius 1 is 0.875 bits per heavy atom. The summed E-state index contributed by atoms with van der Waals surface area (Å²) in [5.74, 6) is 0.492. The van der Waals surface area contributed by atoms with Crippen LogP contribution in [0.5, 0.6) is 17.2 Å². The molecule has 7 nitrogen and oxygen atoms in total. The quantitative estimate of drug-likeness (QED) is 0.269. The number of methoxy groups -OCH3 is 1. The Labute approximate surface area is 187 Å². The van der Waals surface area contributed by atoms with Gasteiger partial charge in [-0.3, -0.25) is 0 Å². The second-order valence-electron chi connectivity index (χ2n) is 6.96. The number of hydrogen-bond donors (Lipinski definition) is 0. The van der Waals surface area contributed by atoms with Crippen LogP contribution in [0, 0.1) is 13.8 Å². The van der Waals surface area contributed by atoms with Crippen LogP contribution in [0.4, 0.5) is 0 Å². The molecule has 0 spiro atoms. The highest BCUT2D eigenvalue weighted by Crippen LogP contribution is 2.26. The molecular weight excluding hydrogens is 432 g/mol. The summed E-state index contributed by atoms with van der Waals surface area (Å²) < 4.78 is 46.8. The molecule has 3 rings (SSSR count). The Morgan fingerprint density at radius 2 is 1.56 bits per heavy atom. The van der Waals surface area contributed by atoms with E-state index in [2.05, 4.69) is 0 Å². The van der Waals surface area contributed by atoms with Crippen LogP contribution in [0.25, 0.3) is 0 Å². The van der Waals surface area contributed by atoms with Crippen LogP contribution in [0.15, 0.2) is 71.6 Å². The fourth-order valence-electron chi connectivity index (χ4n) is 2.89. The number of rotatable bonds is 9. The lowest BCUT2D eigenvalue weighted by Crippen LogP contribution is -2.16. The molecule has 0 amide bonds. The van der Waals surface area contributed by atoms with Crippen molar-refractivity contribution in [3.63, 3.8) is 0 Å². The molecule has 0 saturated carbocycles. The average molecular weight is 457 g/mol. The molecule has 0 aliphatic heterocycles. The van der Waals surface area contributed by atoms with E-state index < -0.39 is 16.1 Å². The van der Waals surface area contributed by atoms with Gasteiger partial charge in [0.2, 0.25) is 0 Å². The summed E-state index contributed by atoms with van der Waals surface area (Å²) in [6.45, 7) is 3.57. The van der Waals surface area contributed by atoms with Gasteiger partial charge in [-0.1, -0.05) is 24.3 Å². The van der Waals surface area contributed by atoms with E-state index in [1.807, 2.05) is 6.07 Å². The summed E-state index contributed by atoms with van der Waals surface area (Å²) in [5, 5.41) is 0. The van der Waals surface area contributed by atoms with E-state index in [9.17, 15) is 13.2 Å². The highest BCUT2D eigenvalue weighted by atomic mass is 32.2. The van der Waals surface area contributed by atoms with Crippen molar-refractivity contribution in [2.45, 2.75) is 18.7 Å². The topological polar surface area (TPSA) is 88.1 Å². The number of esters is 1. The second kappa shape index (κ2) is 10.2. The Bertz CT molecular complexity index is 1190. The van der Waals surface area contributed by atoms with Crippen LogP contribution >= 0.6 is 0 Å². The van der Waals surface area contributed by atoms with Gasteiger partial charge in [0.05, 0.1) is 7.11 Å². The number of para-hydroxylation sites is 1. The average Bonchev–Trinajstić information content (AvgIpc) is 2.78. The molecule has 0 saturated heterocycles. The first-order chi connectivity index (χ1) is 15.3.